The van der Waals surface area contributed by atoms with Crippen LogP contribution in [0.1, 0.15) is 29.9 Å². The molecule has 1 nitrogen and oxygen atoms in total. The molecule has 0 atom stereocenters. The molecule has 1 fully saturated rings. The third kappa shape index (κ3) is 3.26. The van der Waals surface area contributed by atoms with Gasteiger partial charge in [-0.3, -0.25) is 0 Å². The number of halogens is 1. The van der Waals surface area contributed by atoms with Crippen molar-refractivity contribution in [2.75, 3.05) is 6.54 Å². The van der Waals surface area contributed by atoms with E-state index >= 15 is 0 Å². The van der Waals surface area contributed by atoms with E-state index in [1.54, 1.807) is 12.1 Å². The quantitative estimate of drug-likeness (QED) is 0.868. The Morgan fingerprint density at radius 3 is 2.55 bits per heavy atom. The maximum Gasteiger partial charge on any atom is 0.123 e. The van der Waals surface area contributed by atoms with E-state index in [4.69, 9.17) is 0 Å². The third-order valence-corrected chi connectivity index (χ3v) is 4.14. The van der Waals surface area contributed by atoms with Crippen molar-refractivity contribution in [3.63, 3.8) is 0 Å². The second-order valence-corrected chi connectivity index (χ2v) is 5.61. The Balaban J connectivity index is 1.39. The van der Waals surface area contributed by atoms with Gasteiger partial charge < -0.3 is 5.32 Å². The van der Waals surface area contributed by atoms with Crippen LogP contribution in [0.3, 0.4) is 0 Å². The molecule has 1 N–H and O–H groups in total. The van der Waals surface area contributed by atoms with E-state index in [1.165, 1.54) is 24.5 Å². The van der Waals surface area contributed by atoms with Gasteiger partial charge in [-0.25, -0.2) is 4.39 Å². The Bertz CT molecular complexity index is 546. The van der Waals surface area contributed by atoms with Crippen LogP contribution in [-0.2, 0) is 6.42 Å². The highest BCUT2D eigenvalue weighted by atomic mass is 19.1. The van der Waals surface area contributed by atoms with Gasteiger partial charge >= 0.3 is 0 Å². The van der Waals surface area contributed by atoms with E-state index in [1.807, 2.05) is 6.07 Å². The van der Waals surface area contributed by atoms with Gasteiger partial charge in [0.05, 0.1) is 0 Å². The lowest BCUT2D eigenvalue weighted by molar-refractivity contribution is 0.293. The molecule has 0 aromatic heterocycles. The van der Waals surface area contributed by atoms with Crippen LogP contribution < -0.4 is 5.32 Å². The summed E-state index contributed by atoms with van der Waals surface area (Å²) in [4.78, 5) is 0. The normalized spacial score (nSPS) is 21.4. The second-order valence-electron chi connectivity index (χ2n) is 5.61. The fourth-order valence-electron chi connectivity index (χ4n) is 2.89. The lowest BCUT2D eigenvalue weighted by Crippen LogP contribution is -2.40. The van der Waals surface area contributed by atoms with Crippen LogP contribution in [-0.4, -0.2) is 12.6 Å². The van der Waals surface area contributed by atoms with Gasteiger partial charge in [0.2, 0.25) is 0 Å². The van der Waals surface area contributed by atoms with E-state index < -0.39 is 0 Å². The van der Waals surface area contributed by atoms with Crippen molar-refractivity contribution in [3.8, 4) is 0 Å². The molecule has 20 heavy (non-hydrogen) atoms. The molecule has 1 saturated carbocycles. The molecule has 3 rings (SSSR count). The van der Waals surface area contributed by atoms with Crippen molar-refractivity contribution in [1.82, 2.24) is 5.32 Å². The van der Waals surface area contributed by atoms with E-state index in [0.29, 0.717) is 12.0 Å². The van der Waals surface area contributed by atoms with E-state index in [9.17, 15) is 4.39 Å². The summed E-state index contributed by atoms with van der Waals surface area (Å²) < 4.78 is 13.0. The minimum atomic E-state index is -0.143. The van der Waals surface area contributed by atoms with Crippen LogP contribution in [0.25, 0.3) is 0 Å². The summed E-state index contributed by atoms with van der Waals surface area (Å²) in [6.07, 6.45) is 3.32. The molecular formula is C18H20FN. The fourth-order valence-corrected chi connectivity index (χ4v) is 2.89. The highest BCUT2D eigenvalue weighted by Gasteiger charge is 2.29. The molecule has 2 aromatic carbocycles. The molecule has 1 aliphatic carbocycles. The lowest BCUT2D eigenvalue weighted by atomic mass is 9.76. The van der Waals surface area contributed by atoms with E-state index in [2.05, 4.69) is 35.6 Å². The molecule has 0 spiro atoms. The number of nitrogens with one attached hydrogen (secondary N) is 1. The van der Waals surface area contributed by atoms with Crippen molar-refractivity contribution in [1.29, 1.82) is 0 Å². The zero-order chi connectivity index (χ0) is 13.8. The largest absolute Gasteiger partial charge is 0.314 e. The maximum absolute atomic E-state index is 13.0. The Morgan fingerprint density at radius 1 is 1.00 bits per heavy atom. The van der Waals surface area contributed by atoms with Gasteiger partial charge in [-0.1, -0.05) is 42.5 Å². The number of hydrogen-bond donors (Lipinski definition) is 1. The molecule has 0 saturated heterocycles. The van der Waals surface area contributed by atoms with Crippen LogP contribution in [0.5, 0.6) is 0 Å². The average Bonchev–Trinajstić information content (AvgIpc) is 2.42. The summed E-state index contributed by atoms with van der Waals surface area (Å²) in [5, 5.41) is 3.56. The number of benzene rings is 2. The smallest absolute Gasteiger partial charge is 0.123 e. The Morgan fingerprint density at radius 2 is 1.80 bits per heavy atom. The van der Waals surface area contributed by atoms with E-state index in [-0.39, 0.29) is 5.82 Å². The minimum Gasteiger partial charge on any atom is -0.314 e. The van der Waals surface area contributed by atoms with Gasteiger partial charge in [-0.15, -0.1) is 0 Å². The van der Waals surface area contributed by atoms with Crippen LogP contribution >= 0.6 is 0 Å². The summed E-state index contributed by atoms with van der Waals surface area (Å²) in [5.74, 6) is 0.568. The summed E-state index contributed by atoms with van der Waals surface area (Å²) in [5.41, 5.74) is 2.52. The van der Waals surface area contributed by atoms with Gasteiger partial charge in [0.25, 0.3) is 0 Å². The molecule has 104 valence electrons. The van der Waals surface area contributed by atoms with Crippen LogP contribution in [0.2, 0.25) is 0 Å². The highest BCUT2D eigenvalue weighted by molar-refractivity contribution is 5.23. The predicted molar refractivity (Wildman–Crippen MR) is 80.3 cm³/mol. The topological polar surface area (TPSA) is 12.0 Å². The van der Waals surface area contributed by atoms with Crippen molar-refractivity contribution in [2.45, 2.75) is 31.2 Å². The van der Waals surface area contributed by atoms with Crippen LogP contribution in [0.4, 0.5) is 4.39 Å². The number of hydrogen-bond acceptors (Lipinski definition) is 1. The molecule has 0 radical (unpaired) electrons. The molecule has 2 heteroatoms. The molecule has 0 heterocycles. The van der Waals surface area contributed by atoms with Crippen LogP contribution in [0, 0.1) is 5.82 Å². The zero-order valence-corrected chi connectivity index (χ0v) is 11.6. The molecule has 0 amide bonds. The highest BCUT2D eigenvalue weighted by Crippen LogP contribution is 2.36. The third-order valence-electron chi connectivity index (χ3n) is 4.14. The Kier molecular flexibility index (Phi) is 4.12. The first-order valence-corrected chi connectivity index (χ1v) is 7.34. The van der Waals surface area contributed by atoms with Gasteiger partial charge in [0, 0.05) is 6.04 Å². The molecular weight excluding hydrogens is 249 g/mol. The summed E-state index contributed by atoms with van der Waals surface area (Å²) in [7, 11) is 0. The molecule has 0 aliphatic heterocycles. The number of rotatable bonds is 5. The molecule has 1 aliphatic rings. The first kappa shape index (κ1) is 13.3. The Labute approximate surface area is 119 Å². The maximum atomic E-state index is 13.0. The SMILES string of the molecule is Fc1cccc(CCNC2CC(c3ccccc3)C2)c1. The second kappa shape index (κ2) is 6.19. The monoisotopic (exact) mass is 269 g/mol. The van der Waals surface area contributed by atoms with E-state index in [0.717, 1.165) is 18.5 Å². The van der Waals surface area contributed by atoms with Gasteiger partial charge in [0.1, 0.15) is 5.82 Å². The van der Waals surface area contributed by atoms with Crippen molar-refractivity contribution < 1.29 is 4.39 Å². The van der Waals surface area contributed by atoms with Gasteiger partial charge in [0.15, 0.2) is 0 Å². The molecule has 2 aromatic rings. The standard InChI is InChI=1S/C18H20FN/c19-17-8-4-5-14(11-17)9-10-20-18-12-16(13-18)15-6-2-1-3-7-15/h1-8,11,16,18,20H,9-10,12-13H2. The fraction of sp³-hybridized carbons (Fsp3) is 0.333. The molecule has 0 bridgehead atoms. The average molecular weight is 269 g/mol. The first-order chi connectivity index (χ1) is 9.81. The summed E-state index contributed by atoms with van der Waals surface area (Å²) in [6.45, 7) is 0.926. The van der Waals surface area contributed by atoms with Gasteiger partial charge in [-0.2, -0.15) is 0 Å². The lowest BCUT2D eigenvalue weighted by Gasteiger charge is -2.36. The Hall–Kier alpha value is -1.67. The zero-order valence-electron chi connectivity index (χ0n) is 11.6. The van der Waals surface area contributed by atoms with Crippen molar-refractivity contribution >= 4 is 0 Å². The minimum absolute atomic E-state index is 0.143. The van der Waals surface area contributed by atoms with Crippen LogP contribution in [0.15, 0.2) is 54.6 Å². The van der Waals surface area contributed by atoms with Crippen molar-refractivity contribution in [2.24, 2.45) is 0 Å². The summed E-state index contributed by atoms with van der Waals surface area (Å²) in [6, 6.07) is 18.2. The first-order valence-electron chi connectivity index (χ1n) is 7.34. The summed E-state index contributed by atoms with van der Waals surface area (Å²) >= 11 is 0. The predicted octanol–water partition coefficient (Wildman–Crippen LogP) is 3.90. The van der Waals surface area contributed by atoms with Gasteiger partial charge in [-0.05, 0) is 55.0 Å². The van der Waals surface area contributed by atoms with Crippen molar-refractivity contribution in [3.05, 3.63) is 71.5 Å². The molecule has 0 unspecified atom stereocenters.